The summed E-state index contributed by atoms with van der Waals surface area (Å²) in [6.07, 6.45) is 5.37. The first-order valence-electron chi connectivity index (χ1n) is 8.54. The quantitative estimate of drug-likeness (QED) is 0.813. The first-order chi connectivity index (χ1) is 12.3. The molecule has 7 nitrogen and oxygen atoms in total. The van der Waals surface area contributed by atoms with E-state index in [4.69, 9.17) is 4.74 Å². The summed E-state index contributed by atoms with van der Waals surface area (Å²) in [6, 6.07) is 3.63. The molecule has 2 saturated heterocycles. The number of nitrogens with zero attached hydrogens (tertiary/aromatic N) is 5. The first-order valence-corrected chi connectivity index (χ1v) is 9.42. The molecule has 2 aliphatic rings. The van der Waals surface area contributed by atoms with Crippen LogP contribution in [0.1, 0.15) is 23.2 Å². The maximum absolute atomic E-state index is 12.8. The predicted molar refractivity (Wildman–Crippen MR) is 94.7 cm³/mol. The predicted octanol–water partition coefficient (Wildman–Crippen LogP) is 1.69. The number of carbonyl (C=O) groups is 1. The van der Waals surface area contributed by atoms with Crippen molar-refractivity contribution in [2.45, 2.75) is 12.8 Å². The van der Waals surface area contributed by atoms with E-state index in [9.17, 15) is 4.79 Å². The van der Waals surface area contributed by atoms with E-state index in [1.165, 1.54) is 0 Å². The molecule has 0 aromatic carbocycles. The number of hydrogen-bond acceptors (Lipinski definition) is 7. The van der Waals surface area contributed by atoms with Crippen LogP contribution in [0.15, 0.2) is 30.0 Å². The van der Waals surface area contributed by atoms with Crippen molar-refractivity contribution in [3.63, 3.8) is 0 Å². The topological polar surface area (TPSA) is 71.5 Å². The molecular formula is C17H21N5O2S. The third kappa shape index (κ3) is 3.50. The van der Waals surface area contributed by atoms with Gasteiger partial charge >= 0.3 is 0 Å². The van der Waals surface area contributed by atoms with E-state index < -0.39 is 0 Å². The Labute approximate surface area is 150 Å². The minimum Gasteiger partial charge on any atom is -0.379 e. The summed E-state index contributed by atoms with van der Waals surface area (Å²) in [5, 5.41) is 9.10. The Kier molecular flexibility index (Phi) is 4.63. The van der Waals surface area contributed by atoms with E-state index in [0.717, 1.165) is 37.6 Å². The van der Waals surface area contributed by atoms with E-state index in [0.29, 0.717) is 25.3 Å². The van der Waals surface area contributed by atoms with Crippen LogP contribution in [0.5, 0.6) is 0 Å². The van der Waals surface area contributed by atoms with Gasteiger partial charge in [0, 0.05) is 44.0 Å². The van der Waals surface area contributed by atoms with Gasteiger partial charge in [-0.2, -0.15) is 0 Å². The number of rotatable bonds is 2. The van der Waals surface area contributed by atoms with Crippen LogP contribution in [0.25, 0.3) is 0 Å². The summed E-state index contributed by atoms with van der Waals surface area (Å²) in [6.45, 7) is 4.51. The van der Waals surface area contributed by atoms with Crippen molar-refractivity contribution in [3.8, 4) is 0 Å². The molecule has 2 fully saturated rings. The van der Waals surface area contributed by atoms with Crippen LogP contribution in [0.2, 0.25) is 0 Å². The number of ether oxygens (including phenoxy) is 1. The summed E-state index contributed by atoms with van der Waals surface area (Å²) in [5.41, 5.74) is 2.35. The highest BCUT2D eigenvalue weighted by Crippen LogP contribution is 2.35. The maximum atomic E-state index is 12.8. The Morgan fingerprint density at radius 3 is 3.08 bits per heavy atom. The second-order valence-corrected chi connectivity index (χ2v) is 7.58. The number of pyridine rings is 1. The van der Waals surface area contributed by atoms with E-state index in [1.807, 2.05) is 11.0 Å². The molecular weight excluding hydrogens is 338 g/mol. The molecule has 1 spiro atoms. The molecule has 25 heavy (non-hydrogen) atoms. The van der Waals surface area contributed by atoms with Crippen LogP contribution >= 0.6 is 11.3 Å². The molecule has 2 aromatic rings. The Hall–Kier alpha value is -2.06. The van der Waals surface area contributed by atoms with Crippen molar-refractivity contribution in [2.75, 3.05) is 44.3 Å². The Balaban J connectivity index is 1.53. The molecule has 2 aliphatic heterocycles. The number of anilines is 1. The minimum absolute atomic E-state index is 0.0545. The molecule has 2 aromatic heterocycles. The molecule has 1 amide bonds. The second kappa shape index (κ2) is 7.05. The fourth-order valence-corrected chi connectivity index (χ4v) is 4.35. The molecule has 4 rings (SSSR count). The largest absolute Gasteiger partial charge is 0.379 e. The Morgan fingerprint density at radius 2 is 2.28 bits per heavy atom. The lowest BCUT2D eigenvalue weighted by molar-refractivity contribution is 0.0135. The number of likely N-dealkylation sites (tertiary alicyclic amines) is 1. The third-order valence-corrected chi connectivity index (χ3v) is 5.67. The standard InChI is InChI=1S/C17H21N5O2S/c23-15(14-3-1-5-18-9-14)21-6-2-4-17(10-21)11-22(7-8-24-12-17)16-20-19-13-25-16/h1,3,5,9,13H,2,4,6-8,10-12H2/t17-/m0/s1. The number of hydrogen-bond donors (Lipinski definition) is 0. The van der Waals surface area contributed by atoms with Crippen LogP contribution < -0.4 is 4.90 Å². The lowest BCUT2D eigenvalue weighted by Gasteiger charge is -2.43. The van der Waals surface area contributed by atoms with Crippen LogP contribution in [-0.2, 0) is 4.74 Å². The summed E-state index contributed by atoms with van der Waals surface area (Å²) >= 11 is 1.55. The van der Waals surface area contributed by atoms with Gasteiger partial charge in [-0.15, -0.1) is 10.2 Å². The molecule has 0 radical (unpaired) electrons. The van der Waals surface area contributed by atoms with Gasteiger partial charge in [-0.3, -0.25) is 9.78 Å². The molecule has 1 atom stereocenters. The number of carbonyl (C=O) groups excluding carboxylic acids is 1. The highest BCUT2D eigenvalue weighted by molar-refractivity contribution is 7.13. The van der Waals surface area contributed by atoms with Crippen molar-refractivity contribution < 1.29 is 9.53 Å². The molecule has 0 bridgehead atoms. The van der Waals surface area contributed by atoms with Gasteiger partial charge in [-0.1, -0.05) is 11.3 Å². The zero-order valence-electron chi connectivity index (χ0n) is 14.0. The number of piperidine rings is 1. The van der Waals surface area contributed by atoms with Gasteiger partial charge < -0.3 is 14.5 Å². The van der Waals surface area contributed by atoms with Gasteiger partial charge in [0.05, 0.1) is 18.8 Å². The van der Waals surface area contributed by atoms with E-state index in [-0.39, 0.29) is 11.3 Å². The smallest absolute Gasteiger partial charge is 0.255 e. The van der Waals surface area contributed by atoms with E-state index in [2.05, 4.69) is 20.1 Å². The van der Waals surface area contributed by atoms with E-state index in [1.54, 1.807) is 35.3 Å². The summed E-state index contributed by atoms with van der Waals surface area (Å²) in [4.78, 5) is 21.1. The van der Waals surface area contributed by atoms with E-state index >= 15 is 0 Å². The average Bonchev–Trinajstić information content (AvgIpc) is 3.12. The normalized spacial score (nSPS) is 24.3. The fourth-order valence-electron chi connectivity index (χ4n) is 3.76. The highest BCUT2D eigenvalue weighted by atomic mass is 32.1. The highest BCUT2D eigenvalue weighted by Gasteiger charge is 2.41. The van der Waals surface area contributed by atoms with Crippen molar-refractivity contribution in [1.29, 1.82) is 0 Å². The van der Waals surface area contributed by atoms with Gasteiger partial charge in [-0.25, -0.2) is 0 Å². The van der Waals surface area contributed by atoms with Crippen LogP contribution in [0.4, 0.5) is 5.13 Å². The maximum Gasteiger partial charge on any atom is 0.255 e. The van der Waals surface area contributed by atoms with Crippen molar-refractivity contribution in [2.24, 2.45) is 5.41 Å². The average molecular weight is 359 g/mol. The van der Waals surface area contributed by atoms with Crippen LogP contribution in [0, 0.1) is 5.41 Å². The molecule has 0 unspecified atom stereocenters. The minimum atomic E-state index is -0.0573. The summed E-state index contributed by atoms with van der Waals surface area (Å²) in [7, 11) is 0. The summed E-state index contributed by atoms with van der Waals surface area (Å²) < 4.78 is 5.91. The number of aromatic nitrogens is 3. The molecule has 132 valence electrons. The monoisotopic (exact) mass is 359 g/mol. The number of amides is 1. The lowest BCUT2D eigenvalue weighted by atomic mass is 9.80. The summed E-state index contributed by atoms with van der Waals surface area (Å²) in [5.74, 6) is 0.0545. The van der Waals surface area contributed by atoms with Gasteiger partial charge in [0.25, 0.3) is 5.91 Å². The van der Waals surface area contributed by atoms with Gasteiger partial charge in [0.2, 0.25) is 5.13 Å². The van der Waals surface area contributed by atoms with Crippen molar-refractivity contribution in [1.82, 2.24) is 20.1 Å². The van der Waals surface area contributed by atoms with Crippen molar-refractivity contribution >= 4 is 22.4 Å². The molecule has 8 heteroatoms. The van der Waals surface area contributed by atoms with Gasteiger partial charge in [-0.05, 0) is 25.0 Å². The first kappa shape index (κ1) is 16.4. The molecule has 0 N–H and O–H groups in total. The molecule has 0 aliphatic carbocycles. The zero-order chi connectivity index (χ0) is 17.1. The molecule has 0 saturated carbocycles. The zero-order valence-corrected chi connectivity index (χ0v) is 14.8. The van der Waals surface area contributed by atoms with Crippen molar-refractivity contribution in [3.05, 3.63) is 35.6 Å². The third-order valence-electron chi connectivity index (χ3n) is 4.92. The SMILES string of the molecule is O=C(c1cccnc1)N1CCC[C@]2(COCCN(c3nncs3)C2)C1. The van der Waals surface area contributed by atoms with Crippen LogP contribution in [-0.4, -0.2) is 65.4 Å². The lowest BCUT2D eigenvalue weighted by Crippen LogP contribution is -2.52. The van der Waals surface area contributed by atoms with Gasteiger partial charge in [0.1, 0.15) is 5.51 Å². The van der Waals surface area contributed by atoms with Gasteiger partial charge in [0.15, 0.2) is 0 Å². The molecule has 4 heterocycles. The Morgan fingerprint density at radius 1 is 1.32 bits per heavy atom. The second-order valence-electron chi connectivity index (χ2n) is 6.77. The van der Waals surface area contributed by atoms with Crippen LogP contribution in [0.3, 0.4) is 0 Å². The Bertz CT molecular complexity index is 711. The fraction of sp³-hybridized carbons (Fsp3) is 0.529.